The molecule has 1 unspecified atom stereocenters. The SMILES string of the molecule is CNC(Cc1ccccc1N)c1csc(C)n1. The van der Waals surface area contributed by atoms with Crippen LogP contribution < -0.4 is 11.1 Å². The minimum Gasteiger partial charge on any atom is -0.399 e. The zero-order chi connectivity index (χ0) is 12.3. The molecular formula is C13H17N3S. The van der Waals surface area contributed by atoms with E-state index in [9.17, 15) is 0 Å². The van der Waals surface area contributed by atoms with Crippen molar-refractivity contribution in [1.82, 2.24) is 10.3 Å². The summed E-state index contributed by atoms with van der Waals surface area (Å²) in [6, 6.07) is 8.21. The number of nitrogens with one attached hydrogen (secondary N) is 1. The first-order valence-corrected chi connectivity index (χ1v) is 6.51. The molecule has 2 rings (SSSR count). The van der Waals surface area contributed by atoms with Crippen LogP contribution in [0.3, 0.4) is 0 Å². The van der Waals surface area contributed by atoms with Crippen molar-refractivity contribution in [2.45, 2.75) is 19.4 Å². The number of aryl methyl sites for hydroxylation is 1. The quantitative estimate of drug-likeness (QED) is 0.816. The highest BCUT2D eigenvalue weighted by Crippen LogP contribution is 2.22. The van der Waals surface area contributed by atoms with Gasteiger partial charge in [-0.1, -0.05) is 18.2 Å². The molecule has 1 aromatic heterocycles. The van der Waals surface area contributed by atoms with Gasteiger partial charge in [0.2, 0.25) is 0 Å². The Morgan fingerprint density at radius 3 is 2.76 bits per heavy atom. The smallest absolute Gasteiger partial charge is 0.0898 e. The summed E-state index contributed by atoms with van der Waals surface area (Å²) in [6.45, 7) is 2.03. The van der Waals surface area contributed by atoms with Gasteiger partial charge in [0.05, 0.1) is 16.7 Å². The largest absolute Gasteiger partial charge is 0.399 e. The first kappa shape index (κ1) is 12.1. The van der Waals surface area contributed by atoms with Crippen molar-refractivity contribution in [2.24, 2.45) is 0 Å². The molecule has 0 spiro atoms. The second-order valence-electron chi connectivity index (χ2n) is 4.04. The van der Waals surface area contributed by atoms with E-state index in [2.05, 4.69) is 21.7 Å². The van der Waals surface area contributed by atoms with E-state index >= 15 is 0 Å². The number of nitrogen functional groups attached to an aromatic ring is 1. The number of nitrogens with zero attached hydrogens (tertiary/aromatic N) is 1. The zero-order valence-corrected chi connectivity index (χ0v) is 10.9. The van der Waals surface area contributed by atoms with E-state index in [1.54, 1.807) is 11.3 Å². The highest BCUT2D eigenvalue weighted by molar-refractivity contribution is 7.09. The summed E-state index contributed by atoms with van der Waals surface area (Å²) < 4.78 is 0. The van der Waals surface area contributed by atoms with E-state index < -0.39 is 0 Å². The monoisotopic (exact) mass is 247 g/mol. The minimum absolute atomic E-state index is 0.227. The van der Waals surface area contributed by atoms with Gasteiger partial charge in [-0.2, -0.15) is 0 Å². The molecule has 0 saturated heterocycles. The number of likely N-dealkylation sites (N-methyl/N-ethyl adjacent to an activating group) is 1. The predicted octanol–water partition coefficient (Wildman–Crippen LogP) is 2.54. The number of nitrogens with two attached hydrogens (primary N) is 1. The first-order valence-electron chi connectivity index (χ1n) is 5.63. The van der Waals surface area contributed by atoms with Crippen molar-refractivity contribution in [1.29, 1.82) is 0 Å². The number of aromatic nitrogens is 1. The molecule has 0 aliphatic heterocycles. The Labute approximate surface area is 106 Å². The number of thiazole rings is 1. The van der Waals surface area contributed by atoms with Gasteiger partial charge in [0, 0.05) is 11.1 Å². The standard InChI is InChI=1S/C13H17N3S/c1-9-16-13(8-17-9)12(15-2)7-10-5-3-4-6-11(10)14/h3-6,8,12,15H,7,14H2,1-2H3. The van der Waals surface area contributed by atoms with Crippen molar-refractivity contribution in [2.75, 3.05) is 12.8 Å². The molecule has 0 bridgehead atoms. The summed E-state index contributed by atoms with van der Waals surface area (Å²) in [6.07, 6.45) is 0.867. The van der Waals surface area contributed by atoms with Gasteiger partial charge >= 0.3 is 0 Å². The van der Waals surface area contributed by atoms with Crippen molar-refractivity contribution in [3.05, 3.63) is 45.9 Å². The van der Waals surface area contributed by atoms with Crippen molar-refractivity contribution < 1.29 is 0 Å². The second-order valence-corrected chi connectivity index (χ2v) is 5.10. The number of para-hydroxylation sites is 1. The Bertz CT molecular complexity index is 493. The molecule has 0 fully saturated rings. The summed E-state index contributed by atoms with van der Waals surface area (Å²) in [5.74, 6) is 0. The molecule has 90 valence electrons. The summed E-state index contributed by atoms with van der Waals surface area (Å²) in [5, 5.41) is 6.50. The fourth-order valence-electron chi connectivity index (χ4n) is 1.83. The number of anilines is 1. The third-order valence-electron chi connectivity index (χ3n) is 2.82. The molecule has 0 aliphatic carbocycles. The second kappa shape index (κ2) is 5.29. The first-order chi connectivity index (χ1) is 8.20. The Morgan fingerprint density at radius 1 is 1.41 bits per heavy atom. The third-order valence-corrected chi connectivity index (χ3v) is 3.61. The molecule has 3 N–H and O–H groups in total. The lowest BCUT2D eigenvalue weighted by Gasteiger charge is -2.15. The van der Waals surface area contributed by atoms with Crippen molar-refractivity contribution >= 4 is 17.0 Å². The topological polar surface area (TPSA) is 50.9 Å². The molecule has 1 heterocycles. The molecule has 2 aromatic rings. The molecule has 0 aliphatic rings. The molecular weight excluding hydrogens is 230 g/mol. The maximum Gasteiger partial charge on any atom is 0.0898 e. The van der Waals surface area contributed by atoms with Gasteiger partial charge in [0.1, 0.15) is 0 Å². The van der Waals surface area contributed by atoms with Crippen LogP contribution in [-0.2, 0) is 6.42 Å². The number of benzene rings is 1. The van der Waals surface area contributed by atoms with Crippen LogP contribution in [0.1, 0.15) is 22.3 Å². The van der Waals surface area contributed by atoms with Gasteiger partial charge in [-0.05, 0) is 32.0 Å². The van der Waals surface area contributed by atoms with Crippen LogP contribution in [0, 0.1) is 6.92 Å². The maximum atomic E-state index is 5.96. The van der Waals surface area contributed by atoms with E-state index in [1.807, 2.05) is 32.2 Å². The lowest BCUT2D eigenvalue weighted by Crippen LogP contribution is -2.19. The van der Waals surface area contributed by atoms with E-state index in [0.29, 0.717) is 0 Å². The molecule has 4 heteroatoms. The Morgan fingerprint density at radius 2 is 2.18 bits per heavy atom. The van der Waals surface area contributed by atoms with Gasteiger partial charge in [0.25, 0.3) is 0 Å². The van der Waals surface area contributed by atoms with Gasteiger partial charge in [-0.3, -0.25) is 0 Å². The van der Waals surface area contributed by atoms with Crippen molar-refractivity contribution in [3.63, 3.8) is 0 Å². The number of hydrogen-bond acceptors (Lipinski definition) is 4. The zero-order valence-electron chi connectivity index (χ0n) is 10.1. The van der Waals surface area contributed by atoms with Crippen LogP contribution in [-0.4, -0.2) is 12.0 Å². The average molecular weight is 247 g/mol. The highest BCUT2D eigenvalue weighted by atomic mass is 32.1. The molecule has 1 atom stereocenters. The predicted molar refractivity (Wildman–Crippen MR) is 73.2 cm³/mol. The third kappa shape index (κ3) is 2.84. The van der Waals surface area contributed by atoms with Gasteiger partial charge < -0.3 is 11.1 Å². The van der Waals surface area contributed by atoms with Crippen LogP contribution in [0.15, 0.2) is 29.6 Å². The minimum atomic E-state index is 0.227. The Balaban J connectivity index is 2.18. The summed E-state index contributed by atoms with van der Waals surface area (Å²) in [5.41, 5.74) is 9.07. The average Bonchev–Trinajstić information content (AvgIpc) is 2.75. The van der Waals surface area contributed by atoms with Gasteiger partial charge in [-0.15, -0.1) is 11.3 Å². The number of hydrogen-bond donors (Lipinski definition) is 2. The summed E-state index contributed by atoms with van der Waals surface area (Å²) >= 11 is 1.68. The fourth-order valence-corrected chi connectivity index (χ4v) is 2.50. The van der Waals surface area contributed by atoms with Crippen LogP contribution in [0.5, 0.6) is 0 Å². The lowest BCUT2D eigenvalue weighted by molar-refractivity contribution is 0.579. The van der Waals surface area contributed by atoms with Gasteiger partial charge in [-0.25, -0.2) is 4.98 Å². The van der Waals surface area contributed by atoms with Crippen LogP contribution in [0.4, 0.5) is 5.69 Å². The van der Waals surface area contributed by atoms with Crippen LogP contribution in [0.25, 0.3) is 0 Å². The van der Waals surface area contributed by atoms with Crippen LogP contribution in [0.2, 0.25) is 0 Å². The molecule has 3 nitrogen and oxygen atoms in total. The lowest BCUT2D eigenvalue weighted by atomic mass is 10.0. The summed E-state index contributed by atoms with van der Waals surface area (Å²) in [4.78, 5) is 4.52. The Kier molecular flexibility index (Phi) is 3.76. The van der Waals surface area contributed by atoms with E-state index in [4.69, 9.17) is 5.73 Å². The van der Waals surface area contributed by atoms with Gasteiger partial charge in [0.15, 0.2) is 0 Å². The normalized spacial score (nSPS) is 12.6. The summed E-state index contributed by atoms with van der Waals surface area (Å²) in [7, 11) is 1.96. The van der Waals surface area contributed by atoms with E-state index in [0.717, 1.165) is 28.4 Å². The van der Waals surface area contributed by atoms with Crippen molar-refractivity contribution in [3.8, 4) is 0 Å². The fraction of sp³-hybridized carbons (Fsp3) is 0.308. The van der Waals surface area contributed by atoms with E-state index in [1.165, 1.54) is 0 Å². The molecule has 17 heavy (non-hydrogen) atoms. The Hall–Kier alpha value is -1.39. The molecule has 1 aromatic carbocycles. The highest BCUT2D eigenvalue weighted by Gasteiger charge is 2.14. The molecule has 0 radical (unpaired) electrons. The maximum absolute atomic E-state index is 5.96. The molecule has 0 amide bonds. The van der Waals surface area contributed by atoms with E-state index in [-0.39, 0.29) is 6.04 Å². The van der Waals surface area contributed by atoms with Crippen LogP contribution >= 0.6 is 11.3 Å². The number of rotatable bonds is 4. The molecule has 0 saturated carbocycles.